The summed E-state index contributed by atoms with van der Waals surface area (Å²) in [5.41, 5.74) is 7.88. The van der Waals surface area contributed by atoms with Crippen LogP contribution in [0.25, 0.3) is 0 Å². The minimum Gasteiger partial charge on any atom is -0.314 e. The van der Waals surface area contributed by atoms with Crippen molar-refractivity contribution in [1.82, 2.24) is 4.72 Å². The predicted octanol–water partition coefficient (Wildman–Crippen LogP) is 4.32. The maximum Gasteiger partial charge on any atom is 0.230 e. The highest BCUT2D eigenvalue weighted by Crippen LogP contribution is 2.22. The number of carbonyl (C=O) groups is 1. The number of carbonyl (C=O) groups excluding carboxylic acids is 1. The van der Waals surface area contributed by atoms with Gasteiger partial charge in [0.1, 0.15) is 5.82 Å². The molecule has 122 valence electrons. The quantitative estimate of drug-likeness (QED) is 0.425. The van der Waals surface area contributed by atoms with Gasteiger partial charge in [-0.05, 0) is 62.3 Å². The van der Waals surface area contributed by atoms with Gasteiger partial charge in [0.15, 0.2) is 0 Å². The Kier molecular flexibility index (Phi) is 8.20. The number of halogens is 1. The van der Waals surface area contributed by atoms with Crippen molar-refractivity contribution in [3.63, 3.8) is 0 Å². The summed E-state index contributed by atoms with van der Waals surface area (Å²) < 4.78 is 15.9. The summed E-state index contributed by atoms with van der Waals surface area (Å²) in [7, 11) is 0. The monoisotopic (exact) mass is 324 g/mol. The molecule has 0 heterocycles. The van der Waals surface area contributed by atoms with Crippen LogP contribution in [-0.4, -0.2) is 5.91 Å². The number of nitrogens with one attached hydrogen (secondary N) is 1. The van der Waals surface area contributed by atoms with E-state index in [1.165, 1.54) is 17.7 Å². The second kappa shape index (κ2) is 9.64. The topological polar surface area (TPSA) is 55.1 Å². The lowest BCUT2D eigenvalue weighted by Crippen LogP contribution is -2.22. The van der Waals surface area contributed by atoms with E-state index < -0.39 is 5.37 Å². The molecule has 5 heteroatoms. The van der Waals surface area contributed by atoms with E-state index in [-0.39, 0.29) is 11.7 Å². The summed E-state index contributed by atoms with van der Waals surface area (Å²) in [5.74, 6) is -0.0454. The fourth-order valence-corrected chi connectivity index (χ4v) is 2.62. The molecule has 0 radical (unpaired) electrons. The molecule has 3 nitrogen and oxygen atoms in total. The van der Waals surface area contributed by atoms with E-state index in [4.69, 9.17) is 5.73 Å². The Morgan fingerprint density at radius 2 is 2.18 bits per heavy atom. The van der Waals surface area contributed by atoms with Crippen molar-refractivity contribution in [2.24, 2.45) is 11.7 Å². The molecule has 0 spiro atoms. The van der Waals surface area contributed by atoms with Gasteiger partial charge in [-0.2, -0.15) is 0 Å². The number of nitrogens with two attached hydrogens (primary N) is 1. The zero-order valence-electron chi connectivity index (χ0n) is 13.4. The van der Waals surface area contributed by atoms with Crippen LogP contribution in [0.15, 0.2) is 35.9 Å². The number of hydrogen-bond donors (Lipinski definition) is 2. The Hall–Kier alpha value is -1.33. The molecule has 0 aliphatic heterocycles. The molecular weight excluding hydrogens is 299 g/mol. The average Bonchev–Trinajstić information content (AvgIpc) is 2.44. The van der Waals surface area contributed by atoms with Gasteiger partial charge in [-0.1, -0.05) is 30.7 Å². The average molecular weight is 324 g/mol. The van der Waals surface area contributed by atoms with Crippen molar-refractivity contribution in [2.45, 2.75) is 45.4 Å². The van der Waals surface area contributed by atoms with Gasteiger partial charge in [0.25, 0.3) is 0 Å². The minimum atomic E-state index is -0.472. The molecule has 3 N–H and O–H groups in total. The third-order valence-electron chi connectivity index (χ3n) is 3.22. The standard InChI is InChI=1S/C17H25FN2OS/c1-12(2)6-4-7-13(3)10-16(21)20-22-17(19)14-8-5-9-15(18)11-14/h5-6,8-9,11,13,17H,4,7,10,19H2,1-3H3,(H,20,21). The van der Waals surface area contributed by atoms with Crippen LogP contribution in [0.5, 0.6) is 0 Å². The van der Waals surface area contributed by atoms with E-state index in [0.717, 1.165) is 24.8 Å². The third-order valence-corrected chi connectivity index (χ3v) is 4.09. The van der Waals surface area contributed by atoms with Gasteiger partial charge in [0.05, 0.1) is 5.37 Å². The van der Waals surface area contributed by atoms with E-state index in [2.05, 4.69) is 31.6 Å². The van der Waals surface area contributed by atoms with Crippen LogP contribution in [0.1, 0.15) is 51.0 Å². The Morgan fingerprint density at radius 1 is 1.45 bits per heavy atom. The molecule has 2 unspecified atom stereocenters. The van der Waals surface area contributed by atoms with Gasteiger partial charge in [-0.3, -0.25) is 9.52 Å². The Morgan fingerprint density at radius 3 is 2.82 bits per heavy atom. The zero-order valence-corrected chi connectivity index (χ0v) is 14.3. The van der Waals surface area contributed by atoms with Gasteiger partial charge in [0, 0.05) is 6.42 Å². The first-order valence-corrected chi connectivity index (χ1v) is 8.35. The van der Waals surface area contributed by atoms with Crippen LogP contribution in [0.4, 0.5) is 4.39 Å². The normalized spacial score (nSPS) is 13.3. The van der Waals surface area contributed by atoms with Crippen molar-refractivity contribution in [2.75, 3.05) is 0 Å². The molecule has 0 saturated carbocycles. The second-order valence-corrected chi connectivity index (χ2v) is 6.73. The first kappa shape index (κ1) is 18.7. The first-order valence-electron chi connectivity index (χ1n) is 7.47. The summed E-state index contributed by atoms with van der Waals surface area (Å²) in [5, 5.41) is -0.472. The van der Waals surface area contributed by atoms with E-state index in [1.807, 2.05) is 0 Å². The van der Waals surface area contributed by atoms with E-state index >= 15 is 0 Å². The predicted molar refractivity (Wildman–Crippen MR) is 91.5 cm³/mol. The fraction of sp³-hybridized carbons (Fsp3) is 0.471. The molecule has 0 aliphatic rings. The zero-order chi connectivity index (χ0) is 16.5. The van der Waals surface area contributed by atoms with Crippen molar-refractivity contribution < 1.29 is 9.18 Å². The van der Waals surface area contributed by atoms with E-state index in [0.29, 0.717) is 17.9 Å². The maximum absolute atomic E-state index is 13.1. The summed E-state index contributed by atoms with van der Waals surface area (Å²) in [6, 6.07) is 6.10. The van der Waals surface area contributed by atoms with Gasteiger partial charge < -0.3 is 5.73 Å². The van der Waals surface area contributed by atoms with Crippen LogP contribution in [0.3, 0.4) is 0 Å². The Balaban J connectivity index is 2.32. The van der Waals surface area contributed by atoms with Crippen molar-refractivity contribution in [3.8, 4) is 0 Å². The van der Waals surface area contributed by atoms with Crippen LogP contribution in [0.2, 0.25) is 0 Å². The fourth-order valence-electron chi connectivity index (χ4n) is 2.00. The molecule has 1 aromatic carbocycles. The molecule has 0 aromatic heterocycles. The molecule has 22 heavy (non-hydrogen) atoms. The molecule has 0 fully saturated rings. The summed E-state index contributed by atoms with van der Waals surface area (Å²) in [4.78, 5) is 11.9. The summed E-state index contributed by atoms with van der Waals surface area (Å²) >= 11 is 1.12. The highest BCUT2D eigenvalue weighted by atomic mass is 32.2. The molecule has 2 atom stereocenters. The van der Waals surface area contributed by atoms with Crippen molar-refractivity contribution in [3.05, 3.63) is 47.3 Å². The maximum atomic E-state index is 13.1. The third kappa shape index (κ3) is 7.61. The van der Waals surface area contributed by atoms with Crippen LogP contribution in [0, 0.1) is 11.7 Å². The second-order valence-electron chi connectivity index (χ2n) is 5.79. The van der Waals surface area contributed by atoms with Crippen LogP contribution >= 0.6 is 11.9 Å². The van der Waals surface area contributed by atoms with Gasteiger partial charge in [-0.15, -0.1) is 0 Å². The first-order chi connectivity index (χ1) is 10.4. The van der Waals surface area contributed by atoms with Crippen molar-refractivity contribution >= 4 is 17.9 Å². The lowest BCUT2D eigenvalue weighted by atomic mass is 10.0. The minimum absolute atomic E-state index is 0.0402. The molecule has 1 amide bonds. The van der Waals surface area contributed by atoms with Gasteiger partial charge in [0.2, 0.25) is 5.91 Å². The van der Waals surface area contributed by atoms with Gasteiger partial charge >= 0.3 is 0 Å². The van der Waals surface area contributed by atoms with Gasteiger partial charge in [-0.25, -0.2) is 4.39 Å². The van der Waals surface area contributed by atoms with E-state index in [9.17, 15) is 9.18 Å². The molecule has 0 aliphatic carbocycles. The number of allylic oxidation sites excluding steroid dienone is 2. The Bertz CT molecular complexity index is 515. The highest BCUT2D eigenvalue weighted by molar-refractivity contribution is 7.98. The molecular formula is C17H25FN2OS. The lowest BCUT2D eigenvalue weighted by Gasteiger charge is -2.14. The summed E-state index contributed by atoms with van der Waals surface area (Å²) in [6.45, 7) is 6.21. The van der Waals surface area contributed by atoms with E-state index in [1.54, 1.807) is 12.1 Å². The largest absolute Gasteiger partial charge is 0.314 e. The van der Waals surface area contributed by atoms with Crippen LogP contribution in [-0.2, 0) is 4.79 Å². The smallest absolute Gasteiger partial charge is 0.230 e. The SMILES string of the molecule is CC(C)=CCCC(C)CC(=O)NSC(N)c1cccc(F)c1. The number of benzene rings is 1. The summed E-state index contributed by atoms with van der Waals surface area (Å²) in [6.07, 6.45) is 4.63. The Labute approximate surface area is 136 Å². The number of hydrogen-bond acceptors (Lipinski definition) is 3. The molecule has 0 saturated heterocycles. The van der Waals surface area contributed by atoms with Crippen molar-refractivity contribution in [1.29, 1.82) is 0 Å². The lowest BCUT2D eigenvalue weighted by molar-refractivity contribution is -0.120. The molecule has 0 bridgehead atoms. The van der Waals surface area contributed by atoms with Crippen LogP contribution < -0.4 is 10.5 Å². The molecule has 1 rings (SSSR count). The number of amides is 1. The number of rotatable bonds is 8. The molecule has 1 aromatic rings. The highest BCUT2D eigenvalue weighted by Gasteiger charge is 2.12.